The van der Waals surface area contributed by atoms with Gasteiger partial charge in [0.25, 0.3) is 0 Å². The van der Waals surface area contributed by atoms with Crippen LogP contribution in [0.1, 0.15) is 40.5 Å². The van der Waals surface area contributed by atoms with E-state index in [1.807, 2.05) is 11.8 Å². The summed E-state index contributed by atoms with van der Waals surface area (Å²) in [6, 6.07) is 0. The molecule has 0 aromatic heterocycles. The zero-order valence-electron chi connectivity index (χ0n) is 8.98. The molecule has 0 amide bonds. The predicted octanol–water partition coefficient (Wildman–Crippen LogP) is 3.39. The monoisotopic (exact) mass is 187 g/mol. The normalized spacial score (nSPS) is 13.1. The standard InChI is InChI=1S/C10H21NS/c1-9(2,11-5)7-8-10(3,4)12-6/h5,7-8H2,1-4,6H3. The van der Waals surface area contributed by atoms with Gasteiger partial charge in [-0.15, -0.1) is 0 Å². The van der Waals surface area contributed by atoms with Crippen LogP contribution in [0.25, 0.3) is 0 Å². The summed E-state index contributed by atoms with van der Waals surface area (Å²) in [5.74, 6) is 0. The Kier molecular flexibility index (Phi) is 4.32. The lowest BCUT2D eigenvalue weighted by molar-refractivity contribution is 0.435. The number of nitrogens with zero attached hydrogens (tertiary/aromatic N) is 1. The molecule has 0 aliphatic rings. The molecule has 0 saturated carbocycles. The number of thioether (sulfide) groups is 1. The maximum atomic E-state index is 4.10. The van der Waals surface area contributed by atoms with Crippen LogP contribution in [-0.4, -0.2) is 23.3 Å². The second-order valence-corrected chi connectivity index (χ2v) is 5.95. The third kappa shape index (κ3) is 4.81. The van der Waals surface area contributed by atoms with E-state index in [-0.39, 0.29) is 5.54 Å². The van der Waals surface area contributed by atoms with Gasteiger partial charge in [-0.05, 0) is 39.7 Å². The van der Waals surface area contributed by atoms with Gasteiger partial charge in [-0.3, -0.25) is 4.99 Å². The van der Waals surface area contributed by atoms with Gasteiger partial charge in [0.15, 0.2) is 0 Å². The Morgan fingerprint density at radius 2 is 1.67 bits per heavy atom. The Morgan fingerprint density at radius 1 is 1.17 bits per heavy atom. The first-order valence-electron chi connectivity index (χ1n) is 4.36. The number of hydrogen-bond acceptors (Lipinski definition) is 2. The lowest BCUT2D eigenvalue weighted by Crippen LogP contribution is -2.22. The van der Waals surface area contributed by atoms with Crippen molar-refractivity contribution in [3.63, 3.8) is 0 Å². The summed E-state index contributed by atoms with van der Waals surface area (Å²) >= 11 is 1.92. The minimum atomic E-state index is 0.0486. The molecule has 12 heavy (non-hydrogen) atoms. The summed E-state index contributed by atoms with van der Waals surface area (Å²) in [4.78, 5) is 4.10. The van der Waals surface area contributed by atoms with Crippen LogP contribution in [0.4, 0.5) is 0 Å². The van der Waals surface area contributed by atoms with Gasteiger partial charge in [0.05, 0.1) is 5.54 Å². The van der Waals surface area contributed by atoms with Crippen LogP contribution >= 0.6 is 11.8 Å². The second-order valence-electron chi connectivity index (χ2n) is 4.43. The maximum absolute atomic E-state index is 4.10. The summed E-state index contributed by atoms with van der Waals surface area (Å²) in [5, 5.41) is 0. The van der Waals surface area contributed by atoms with Crippen molar-refractivity contribution in [3.05, 3.63) is 0 Å². The second kappa shape index (κ2) is 4.31. The number of rotatable bonds is 5. The molecule has 1 nitrogen and oxygen atoms in total. The van der Waals surface area contributed by atoms with Crippen molar-refractivity contribution < 1.29 is 0 Å². The van der Waals surface area contributed by atoms with Gasteiger partial charge >= 0.3 is 0 Å². The summed E-state index contributed by atoms with van der Waals surface area (Å²) in [7, 11) is 0. The predicted molar refractivity (Wildman–Crippen MR) is 60.5 cm³/mol. The Hall–Kier alpha value is 0.0200. The highest BCUT2D eigenvalue weighted by Crippen LogP contribution is 2.30. The molecule has 0 saturated heterocycles. The minimum absolute atomic E-state index is 0.0486. The Labute approximate surface area is 81.0 Å². The Morgan fingerprint density at radius 3 is 2.00 bits per heavy atom. The van der Waals surface area contributed by atoms with Crippen LogP contribution in [0, 0.1) is 0 Å². The molecule has 0 radical (unpaired) electrons. The molecule has 0 aliphatic heterocycles. The summed E-state index contributed by atoms with van der Waals surface area (Å²) in [6.07, 6.45) is 4.47. The smallest absolute Gasteiger partial charge is 0.0545 e. The largest absolute Gasteiger partial charge is 0.295 e. The van der Waals surface area contributed by atoms with E-state index in [0.29, 0.717) is 4.75 Å². The summed E-state index contributed by atoms with van der Waals surface area (Å²) in [6.45, 7) is 12.4. The average molecular weight is 187 g/mol. The van der Waals surface area contributed by atoms with Crippen LogP contribution in [0.15, 0.2) is 4.99 Å². The molecule has 72 valence electrons. The lowest BCUT2D eigenvalue weighted by atomic mass is 9.94. The first kappa shape index (κ1) is 12.0. The van der Waals surface area contributed by atoms with Crippen LogP contribution in [-0.2, 0) is 0 Å². The highest BCUT2D eigenvalue weighted by atomic mass is 32.2. The highest BCUT2D eigenvalue weighted by molar-refractivity contribution is 7.99. The fourth-order valence-corrected chi connectivity index (χ4v) is 1.09. The quantitative estimate of drug-likeness (QED) is 0.601. The highest BCUT2D eigenvalue weighted by Gasteiger charge is 2.21. The van der Waals surface area contributed by atoms with Gasteiger partial charge in [-0.25, -0.2) is 0 Å². The lowest BCUT2D eigenvalue weighted by Gasteiger charge is -2.27. The van der Waals surface area contributed by atoms with Gasteiger partial charge in [0, 0.05) is 4.75 Å². The molecule has 0 atom stereocenters. The molecule has 0 aromatic rings. The van der Waals surface area contributed by atoms with E-state index in [2.05, 4.69) is 45.7 Å². The van der Waals surface area contributed by atoms with Gasteiger partial charge in [0.1, 0.15) is 0 Å². The third-order valence-corrected chi connectivity index (χ3v) is 3.63. The summed E-state index contributed by atoms with van der Waals surface area (Å²) < 4.78 is 0.377. The van der Waals surface area contributed by atoms with Crippen molar-refractivity contribution in [1.29, 1.82) is 0 Å². The van der Waals surface area contributed by atoms with Crippen molar-refractivity contribution in [1.82, 2.24) is 0 Å². The molecule has 0 aliphatic carbocycles. The van der Waals surface area contributed by atoms with Crippen LogP contribution < -0.4 is 0 Å². The maximum Gasteiger partial charge on any atom is 0.0545 e. The van der Waals surface area contributed by atoms with E-state index in [0.717, 1.165) is 6.42 Å². The first-order chi connectivity index (χ1) is 5.33. The molecule has 0 N–H and O–H groups in total. The molecule has 0 spiro atoms. The van der Waals surface area contributed by atoms with Gasteiger partial charge in [0.2, 0.25) is 0 Å². The molecule has 0 unspecified atom stereocenters. The van der Waals surface area contributed by atoms with Crippen molar-refractivity contribution in [2.45, 2.75) is 50.8 Å². The fourth-order valence-electron chi connectivity index (χ4n) is 0.788. The van der Waals surface area contributed by atoms with Crippen LogP contribution in [0.5, 0.6) is 0 Å². The summed E-state index contributed by atoms with van der Waals surface area (Å²) in [5.41, 5.74) is 0.0486. The first-order valence-corrected chi connectivity index (χ1v) is 5.58. The molecule has 0 aromatic carbocycles. The Balaban J connectivity index is 3.90. The van der Waals surface area contributed by atoms with Crippen molar-refractivity contribution >= 4 is 18.5 Å². The zero-order valence-corrected chi connectivity index (χ0v) is 9.79. The third-order valence-electron chi connectivity index (χ3n) is 2.32. The average Bonchev–Trinajstić information content (AvgIpc) is 2.02. The van der Waals surface area contributed by atoms with E-state index in [1.54, 1.807) is 0 Å². The SMILES string of the molecule is C=NC(C)(C)CCC(C)(C)SC. The minimum Gasteiger partial charge on any atom is -0.295 e. The van der Waals surface area contributed by atoms with Gasteiger partial charge in [-0.1, -0.05) is 13.8 Å². The van der Waals surface area contributed by atoms with E-state index >= 15 is 0 Å². The fraction of sp³-hybridized carbons (Fsp3) is 0.900. The van der Waals surface area contributed by atoms with Gasteiger partial charge < -0.3 is 0 Å². The van der Waals surface area contributed by atoms with Crippen LogP contribution in [0.2, 0.25) is 0 Å². The molecule has 0 bridgehead atoms. The molecule has 0 fully saturated rings. The Bertz CT molecular complexity index is 150. The topological polar surface area (TPSA) is 12.4 Å². The zero-order chi connectivity index (χ0) is 9.83. The van der Waals surface area contributed by atoms with E-state index in [4.69, 9.17) is 0 Å². The van der Waals surface area contributed by atoms with Gasteiger partial charge in [-0.2, -0.15) is 11.8 Å². The van der Waals surface area contributed by atoms with E-state index in [9.17, 15) is 0 Å². The van der Waals surface area contributed by atoms with E-state index < -0.39 is 0 Å². The number of hydrogen-bond donors (Lipinski definition) is 0. The number of aliphatic imine (C=N–C) groups is 1. The van der Waals surface area contributed by atoms with Crippen molar-refractivity contribution in [3.8, 4) is 0 Å². The molecular formula is C10H21NS. The molecule has 2 heteroatoms. The van der Waals surface area contributed by atoms with E-state index in [1.165, 1.54) is 6.42 Å². The van der Waals surface area contributed by atoms with Crippen molar-refractivity contribution in [2.75, 3.05) is 6.26 Å². The molecule has 0 rings (SSSR count). The molecular weight excluding hydrogens is 166 g/mol. The van der Waals surface area contributed by atoms with Crippen LogP contribution in [0.3, 0.4) is 0 Å². The van der Waals surface area contributed by atoms with Crippen molar-refractivity contribution in [2.24, 2.45) is 4.99 Å². The molecule has 0 heterocycles.